The zero-order chi connectivity index (χ0) is 14.1. The van der Waals surface area contributed by atoms with Crippen molar-refractivity contribution in [2.75, 3.05) is 19.6 Å². The van der Waals surface area contributed by atoms with Crippen molar-refractivity contribution in [2.24, 2.45) is 0 Å². The summed E-state index contributed by atoms with van der Waals surface area (Å²) in [5, 5.41) is 16.5. The summed E-state index contributed by atoms with van der Waals surface area (Å²) in [5.74, 6) is -3.03. The van der Waals surface area contributed by atoms with E-state index in [0.29, 0.717) is 0 Å². The van der Waals surface area contributed by atoms with Gasteiger partial charge in [-0.05, 0) is 6.92 Å². The van der Waals surface area contributed by atoms with Crippen LogP contribution in [0.2, 0.25) is 0 Å². The summed E-state index contributed by atoms with van der Waals surface area (Å²) in [7, 11) is 0. The Balaban J connectivity index is 3.73. The summed E-state index contributed by atoms with van der Waals surface area (Å²) in [6.07, 6.45) is 0. The van der Waals surface area contributed by atoms with Gasteiger partial charge in [-0.1, -0.05) is 0 Å². The van der Waals surface area contributed by atoms with Crippen molar-refractivity contribution in [3.05, 3.63) is 0 Å². The van der Waals surface area contributed by atoms with Gasteiger partial charge in [-0.15, -0.1) is 0 Å². The van der Waals surface area contributed by atoms with Crippen LogP contribution < -0.4 is 26.8 Å². The van der Waals surface area contributed by atoms with E-state index in [1.807, 2.05) is 5.32 Å². The minimum atomic E-state index is -1.42. The molecule has 0 spiro atoms. The molecule has 0 aromatic rings. The molecule has 0 aliphatic carbocycles. The Morgan fingerprint density at radius 2 is 1.44 bits per heavy atom. The smallest absolute Gasteiger partial charge is 0.278 e. The number of carboxylic acids is 1. The highest BCUT2D eigenvalue weighted by atomic mass is 16.4. The zero-order valence-electron chi connectivity index (χ0n) is 9.95. The van der Waals surface area contributed by atoms with Crippen molar-refractivity contribution >= 4 is 23.7 Å². The SMILES string of the molecule is C[C@H]([NH3+])C(=O)NCC(=O)NCC(=O)NCC(=O)[O-]. The molecule has 0 bridgehead atoms. The predicted molar refractivity (Wildman–Crippen MR) is 56.4 cm³/mol. The maximum Gasteiger partial charge on any atom is 0.278 e. The van der Waals surface area contributed by atoms with Crippen molar-refractivity contribution < 1.29 is 30.0 Å². The molecule has 0 saturated heterocycles. The largest absolute Gasteiger partial charge is 0.548 e. The molecule has 6 N–H and O–H groups in total. The van der Waals surface area contributed by atoms with Crippen LogP contribution in [0.3, 0.4) is 0 Å². The normalized spacial score (nSPS) is 11.2. The predicted octanol–water partition coefficient (Wildman–Crippen LogP) is -5.28. The van der Waals surface area contributed by atoms with Crippen LogP contribution in [0, 0.1) is 0 Å². The third-order valence-corrected chi connectivity index (χ3v) is 1.75. The highest BCUT2D eigenvalue weighted by Crippen LogP contribution is 1.72. The average molecular weight is 260 g/mol. The Kier molecular flexibility index (Phi) is 7.05. The number of carbonyl (C=O) groups excluding carboxylic acids is 4. The van der Waals surface area contributed by atoms with E-state index in [9.17, 15) is 24.3 Å². The van der Waals surface area contributed by atoms with Crippen LogP contribution in [0.15, 0.2) is 0 Å². The first kappa shape index (κ1) is 15.8. The number of carboxylic acid groups (broad SMARTS) is 1. The molecule has 0 aromatic carbocycles. The molecule has 0 fully saturated rings. The summed E-state index contributed by atoms with van der Waals surface area (Å²) >= 11 is 0. The van der Waals surface area contributed by atoms with E-state index < -0.39 is 30.4 Å². The number of quaternary nitrogens is 1. The molecule has 0 radical (unpaired) electrons. The van der Waals surface area contributed by atoms with Gasteiger partial charge in [0.05, 0.1) is 25.6 Å². The van der Waals surface area contributed by atoms with Gasteiger partial charge in [-0.2, -0.15) is 0 Å². The Bertz CT molecular complexity index is 342. The first-order valence-corrected chi connectivity index (χ1v) is 5.17. The summed E-state index contributed by atoms with van der Waals surface area (Å²) < 4.78 is 0. The number of rotatable bonds is 7. The quantitative estimate of drug-likeness (QED) is 0.360. The molecule has 9 nitrogen and oxygen atoms in total. The molecule has 18 heavy (non-hydrogen) atoms. The lowest BCUT2D eigenvalue weighted by Crippen LogP contribution is -2.66. The van der Waals surface area contributed by atoms with Gasteiger partial charge in [0.25, 0.3) is 5.91 Å². The molecule has 1 atom stereocenters. The number of nitrogens with one attached hydrogen (secondary N) is 3. The number of aliphatic carboxylic acids is 1. The minimum absolute atomic E-state index is 0.271. The topological polar surface area (TPSA) is 155 Å². The molecule has 0 rings (SSSR count). The van der Waals surface area contributed by atoms with Crippen LogP contribution in [0.5, 0.6) is 0 Å². The molecule has 3 amide bonds. The van der Waals surface area contributed by atoms with Gasteiger partial charge in [-0.3, -0.25) is 14.4 Å². The molecule has 0 heterocycles. The van der Waals surface area contributed by atoms with Gasteiger partial charge in [0, 0.05) is 0 Å². The van der Waals surface area contributed by atoms with Crippen molar-refractivity contribution in [3.8, 4) is 0 Å². The van der Waals surface area contributed by atoms with Crippen LogP contribution >= 0.6 is 0 Å². The molecule has 102 valence electrons. The Labute approximate surface area is 103 Å². The Hall–Kier alpha value is -2.16. The molecular weight excluding hydrogens is 244 g/mol. The minimum Gasteiger partial charge on any atom is -0.548 e. The van der Waals surface area contributed by atoms with Gasteiger partial charge in [0.1, 0.15) is 0 Å². The Morgan fingerprint density at radius 1 is 1.00 bits per heavy atom. The van der Waals surface area contributed by atoms with E-state index >= 15 is 0 Å². The average Bonchev–Trinajstić information content (AvgIpc) is 2.30. The van der Waals surface area contributed by atoms with Crippen molar-refractivity contribution in [3.63, 3.8) is 0 Å². The Morgan fingerprint density at radius 3 is 1.89 bits per heavy atom. The number of hydrogen-bond donors (Lipinski definition) is 4. The van der Waals surface area contributed by atoms with Gasteiger partial charge in [-0.25, -0.2) is 0 Å². The standard InChI is InChI=1S/C9H16N4O5/c1-5(10)9(18)13-3-7(15)11-2-6(14)12-4-8(16)17/h5H,2-4,10H2,1H3,(H,11,15)(H,12,14)(H,13,18)(H,16,17)/t5-/m0/s1. The second-order valence-electron chi connectivity index (χ2n) is 3.54. The van der Waals surface area contributed by atoms with Gasteiger partial charge < -0.3 is 31.6 Å². The summed E-state index contributed by atoms with van der Waals surface area (Å²) in [6.45, 7) is 0.305. The number of carbonyl (C=O) groups is 4. The maximum atomic E-state index is 11.2. The first-order chi connectivity index (χ1) is 8.32. The van der Waals surface area contributed by atoms with Gasteiger partial charge in [0.15, 0.2) is 6.04 Å². The zero-order valence-corrected chi connectivity index (χ0v) is 9.95. The second kappa shape index (κ2) is 8.01. The lowest BCUT2D eigenvalue weighted by molar-refractivity contribution is -0.398. The highest BCUT2D eigenvalue weighted by Gasteiger charge is 2.12. The molecule has 0 saturated carbocycles. The fraction of sp³-hybridized carbons (Fsp3) is 0.556. The van der Waals surface area contributed by atoms with E-state index in [1.165, 1.54) is 0 Å². The summed E-state index contributed by atoms with van der Waals surface area (Å²) in [5.41, 5.74) is 3.46. The van der Waals surface area contributed by atoms with Gasteiger partial charge in [0.2, 0.25) is 11.8 Å². The lowest BCUT2D eigenvalue weighted by Gasteiger charge is -2.08. The van der Waals surface area contributed by atoms with Crippen molar-refractivity contribution in [1.29, 1.82) is 0 Å². The molecule has 0 aliphatic rings. The van der Waals surface area contributed by atoms with Crippen LogP contribution in [0.25, 0.3) is 0 Å². The molecule has 0 aliphatic heterocycles. The third kappa shape index (κ3) is 8.05. The van der Waals surface area contributed by atoms with Gasteiger partial charge >= 0.3 is 0 Å². The van der Waals surface area contributed by atoms with E-state index in [2.05, 4.69) is 16.4 Å². The van der Waals surface area contributed by atoms with Crippen LogP contribution in [0.1, 0.15) is 6.92 Å². The van der Waals surface area contributed by atoms with Crippen LogP contribution in [0.4, 0.5) is 0 Å². The maximum absolute atomic E-state index is 11.2. The molecular formula is C9H16N4O5. The fourth-order valence-electron chi connectivity index (χ4n) is 0.816. The van der Waals surface area contributed by atoms with Crippen LogP contribution in [-0.2, 0) is 19.2 Å². The van der Waals surface area contributed by atoms with E-state index in [-0.39, 0.29) is 19.0 Å². The lowest BCUT2D eigenvalue weighted by atomic mass is 10.3. The third-order valence-electron chi connectivity index (χ3n) is 1.75. The molecule has 9 heteroatoms. The monoisotopic (exact) mass is 260 g/mol. The van der Waals surface area contributed by atoms with E-state index in [1.54, 1.807) is 6.92 Å². The second-order valence-corrected chi connectivity index (χ2v) is 3.54. The summed E-state index contributed by atoms with van der Waals surface area (Å²) in [6, 6.07) is -0.482. The fourth-order valence-corrected chi connectivity index (χ4v) is 0.816. The van der Waals surface area contributed by atoms with Crippen LogP contribution in [-0.4, -0.2) is 49.4 Å². The van der Waals surface area contributed by atoms with E-state index in [4.69, 9.17) is 0 Å². The summed E-state index contributed by atoms with van der Waals surface area (Å²) in [4.78, 5) is 43.2. The highest BCUT2D eigenvalue weighted by molar-refractivity contribution is 5.89. The molecule has 0 aromatic heterocycles. The number of hydrogen-bond acceptors (Lipinski definition) is 5. The van der Waals surface area contributed by atoms with Crippen molar-refractivity contribution in [2.45, 2.75) is 13.0 Å². The molecule has 0 unspecified atom stereocenters. The van der Waals surface area contributed by atoms with E-state index in [0.717, 1.165) is 0 Å². The van der Waals surface area contributed by atoms with Crippen molar-refractivity contribution in [1.82, 2.24) is 16.0 Å². The first-order valence-electron chi connectivity index (χ1n) is 5.17. The number of amides is 3.